The summed E-state index contributed by atoms with van der Waals surface area (Å²) in [6.07, 6.45) is 3.30. The first-order valence-corrected chi connectivity index (χ1v) is 15.7. The highest BCUT2D eigenvalue weighted by Gasteiger charge is 2.23. The third kappa shape index (κ3) is 14.5. The lowest BCUT2D eigenvalue weighted by molar-refractivity contribution is -0.109. The fourth-order valence-electron chi connectivity index (χ4n) is 4.36. The molecule has 1 unspecified atom stereocenters. The van der Waals surface area contributed by atoms with Gasteiger partial charge in [-0.25, -0.2) is 4.39 Å². The minimum absolute atomic E-state index is 0.138. The minimum Gasteiger partial charge on any atom is -0.343 e. The number of benzene rings is 3. The van der Waals surface area contributed by atoms with Crippen LogP contribution in [0.2, 0.25) is 5.02 Å². The van der Waals surface area contributed by atoms with E-state index >= 15 is 0 Å². The van der Waals surface area contributed by atoms with Gasteiger partial charge in [0.05, 0.1) is 11.1 Å². The van der Waals surface area contributed by atoms with Gasteiger partial charge < -0.3 is 21.6 Å². The molecule has 4 rings (SSSR count). The summed E-state index contributed by atoms with van der Waals surface area (Å²) in [6.45, 7) is 12.2. The first-order valence-electron chi connectivity index (χ1n) is 14.9. The van der Waals surface area contributed by atoms with E-state index in [4.69, 9.17) is 23.1 Å². The molecular formula is C34H48ClFN4O2S. The summed E-state index contributed by atoms with van der Waals surface area (Å²) >= 11 is 9.44. The van der Waals surface area contributed by atoms with E-state index < -0.39 is 6.04 Å². The SMILES string of the molecule is CC.CC(C)CC(C=O)NC(=O)c1cccc2c1CCN(Cc1ccccc1)C2.Fc1ccc(S)c(Cl)c1.NCCCN. The normalized spacial score (nSPS) is 12.7. The van der Waals surface area contributed by atoms with Crippen molar-refractivity contribution in [1.29, 1.82) is 0 Å². The van der Waals surface area contributed by atoms with Crippen molar-refractivity contribution in [1.82, 2.24) is 10.2 Å². The number of carbonyl (C=O) groups is 2. The summed E-state index contributed by atoms with van der Waals surface area (Å²) in [7, 11) is 0. The second-order valence-corrected chi connectivity index (χ2v) is 11.2. The summed E-state index contributed by atoms with van der Waals surface area (Å²) in [5.41, 5.74) is 14.5. The molecule has 1 amide bonds. The average Bonchev–Trinajstić information content (AvgIpc) is 3.00. The van der Waals surface area contributed by atoms with Gasteiger partial charge in [-0.1, -0.05) is 81.8 Å². The molecule has 6 nitrogen and oxygen atoms in total. The number of nitrogens with zero attached hydrogens (tertiary/aromatic N) is 1. The molecule has 0 fully saturated rings. The molecule has 1 heterocycles. The van der Waals surface area contributed by atoms with E-state index in [0.717, 1.165) is 57.4 Å². The molecule has 3 aromatic carbocycles. The molecule has 0 saturated heterocycles. The van der Waals surface area contributed by atoms with Gasteiger partial charge in [0.2, 0.25) is 0 Å². The van der Waals surface area contributed by atoms with Gasteiger partial charge >= 0.3 is 0 Å². The smallest absolute Gasteiger partial charge is 0.252 e. The number of amides is 1. The quantitative estimate of drug-likeness (QED) is 0.156. The van der Waals surface area contributed by atoms with Crippen LogP contribution in [0.1, 0.15) is 67.6 Å². The van der Waals surface area contributed by atoms with Gasteiger partial charge in [0.1, 0.15) is 12.1 Å². The van der Waals surface area contributed by atoms with Crippen molar-refractivity contribution in [3.8, 4) is 0 Å². The zero-order valence-corrected chi connectivity index (χ0v) is 27.5. The van der Waals surface area contributed by atoms with Crippen LogP contribution in [0.5, 0.6) is 0 Å². The van der Waals surface area contributed by atoms with E-state index in [-0.39, 0.29) is 11.7 Å². The highest BCUT2D eigenvalue weighted by Crippen LogP contribution is 2.24. The van der Waals surface area contributed by atoms with Crippen molar-refractivity contribution in [2.45, 2.75) is 71.0 Å². The molecule has 0 radical (unpaired) electrons. The maximum atomic E-state index is 12.8. The Hall–Kier alpha value is -2.75. The Morgan fingerprint density at radius 1 is 1.07 bits per heavy atom. The molecular weight excluding hydrogens is 583 g/mol. The molecule has 0 aromatic heterocycles. The Balaban J connectivity index is 0.000000474. The van der Waals surface area contributed by atoms with E-state index in [9.17, 15) is 14.0 Å². The monoisotopic (exact) mass is 630 g/mol. The Morgan fingerprint density at radius 3 is 2.28 bits per heavy atom. The van der Waals surface area contributed by atoms with E-state index in [0.29, 0.717) is 27.8 Å². The molecule has 3 aromatic rings. The highest BCUT2D eigenvalue weighted by molar-refractivity contribution is 7.80. The number of hydrogen-bond donors (Lipinski definition) is 4. The van der Waals surface area contributed by atoms with E-state index in [1.807, 2.05) is 45.9 Å². The number of halogens is 2. The van der Waals surface area contributed by atoms with Crippen LogP contribution in [0.15, 0.2) is 71.6 Å². The van der Waals surface area contributed by atoms with Gasteiger partial charge in [-0.05, 0) is 79.2 Å². The fraction of sp³-hybridized carbons (Fsp3) is 0.412. The van der Waals surface area contributed by atoms with Crippen LogP contribution in [0.3, 0.4) is 0 Å². The third-order valence-electron chi connectivity index (χ3n) is 6.36. The number of fused-ring (bicyclic) bond motifs is 1. The van der Waals surface area contributed by atoms with Crippen LogP contribution < -0.4 is 16.8 Å². The third-order valence-corrected chi connectivity index (χ3v) is 7.20. The molecule has 0 bridgehead atoms. The number of hydrogen-bond acceptors (Lipinski definition) is 6. The molecule has 9 heteroatoms. The van der Waals surface area contributed by atoms with Crippen LogP contribution in [-0.2, 0) is 24.3 Å². The molecule has 5 N–H and O–H groups in total. The first-order chi connectivity index (χ1) is 20.7. The minimum atomic E-state index is -0.425. The standard InChI is InChI=1S/C23H28N2O2.C6H4ClFS.C3H10N2.C2H6/c1-17(2)13-20(16-26)24-23(27)22-10-6-9-19-15-25(12-11-21(19)22)14-18-7-4-3-5-8-18;7-5-3-4(8)1-2-6(5)9;4-2-1-3-5;1-2/h3-10,16-17,20H,11-15H2,1-2H3,(H,24,27);1-3,9H;1-5H2;1-2H3. The van der Waals surface area contributed by atoms with Crippen molar-refractivity contribution in [2.75, 3.05) is 19.6 Å². The predicted molar refractivity (Wildman–Crippen MR) is 180 cm³/mol. The largest absolute Gasteiger partial charge is 0.343 e. The second kappa shape index (κ2) is 21.9. The average molecular weight is 631 g/mol. The van der Waals surface area contributed by atoms with Gasteiger partial charge in [0.25, 0.3) is 5.91 Å². The van der Waals surface area contributed by atoms with Crippen LogP contribution in [-0.4, -0.2) is 42.8 Å². The van der Waals surface area contributed by atoms with Crippen LogP contribution in [0.25, 0.3) is 0 Å². The maximum Gasteiger partial charge on any atom is 0.252 e. The number of nitrogens with one attached hydrogen (secondary N) is 1. The van der Waals surface area contributed by atoms with E-state index in [1.54, 1.807) is 0 Å². The lowest BCUT2D eigenvalue weighted by Crippen LogP contribution is -2.38. The van der Waals surface area contributed by atoms with Crippen molar-refractivity contribution in [3.63, 3.8) is 0 Å². The van der Waals surface area contributed by atoms with Crippen molar-refractivity contribution in [2.24, 2.45) is 17.4 Å². The molecule has 0 aliphatic carbocycles. The van der Waals surface area contributed by atoms with Gasteiger partial charge in [-0.3, -0.25) is 9.69 Å². The zero-order valence-electron chi connectivity index (χ0n) is 25.9. The molecule has 1 aliphatic heterocycles. The van der Waals surface area contributed by atoms with E-state index in [1.165, 1.54) is 29.3 Å². The molecule has 236 valence electrons. The number of rotatable bonds is 9. The summed E-state index contributed by atoms with van der Waals surface area (Å²) in [4.78, 5) is 27.1. The number of thiol groups is 1. The Morgan fingerprint density at radius 2 is 1.74 bits per heavy atom. The Kier molecular flexibility index (Phi) is 19.5. The van der Waals surface area contributed by atoms with Crippen LogP contribution in [0, 0.1) is 11.7 Å². The molecule has 1 atom stereocenters. The summed E-state index contributed by atoms with van der Waals surface area (Å²) in [5, 5.41) is 3.24. The summed E-state index contributed by atoms with van der Waals surface area (Å²) in [6, 6.07) is 20.0. The zero-order chi connectivity index (χ0) is 32.2. The van der Waals surface area contributed by atoms with Gasteiger partial charge in [-0.15, -0.1) is 12.6 Å². The summed E-state index contributed by atoms with van der Waals surface area (Å²) in [5.74, 6) is -0.115. The molecule has 1 aliphatic rings. The lowest BCUT2D eigenvalue weighted by atomic mass is 9.93. The molecule has 0 saturated carbocycles. The number of nitrogens with two attached hydrogens (primary N) is 2. The predicted octanol–water partition coefficient (Wildman–Crippen LogP) is 6.68. The van der Waals surface area contributed by atoms with Crippen molar-refractivity contribution < 1.29 is 14.0 Å². The van der Waals surface area contributed by atoms with E-state index in [2.05, 4.69) is 53.2 Å². The van der Waals surface area contributed by atoms with Crippen LogP contribution in [0.4, 0.5) is 4.39 Å². The lowest BCUT2D eigenvalue weighted by Gasteiger charge is -2.30. The second-order valence-electron chi connectivity index (χ2n) is 10.3. The Labute approximate surface area is 267 Å². The van der Waals surface area contributed by atoms with Gasteiger partial charge in [0, 0.05) is 30.1 Å². The van der Waals surface area contributed by atoms with Gasteiger partial charge in [0.15, 0.2) is 0 Å². The molecule has 0 spiro atoms. The summed E-state index contributed by atoms with van der Waals surface area (Å²) < 4.78 is 12.2. The number of aldehydes is 1. The first kappa shape index (κ1) is 38.3. The van der Waals surface area contributed by atoms with Crippen molar-refractivity contribution in [3.05, 3.63) is 99.8 Å². The van der Waals surface area contributed by atoms with Crippen molar-refractivity contribution >= 4 is 36.4 Å². The number of carbonyl (C=O) groups excluding carboxylic acids is 2. The fourth-order valence-corrected chi connectivity index (χ4v) is 4.67. The topological polar surface area (TPSA) is 101 Å². The highest BCUT2D eigenvalue weighted by atomic mass is 35.5. The maximum absolute atomic E-state index is 12.8. The molecule has 43 heavy (non-hydrogen) atoms. The van der Waals surface area contributed by atoms with Gasteiger partial charge in [-0.2, -0.15) is 0 Å². The Bertz CT molecular complexity index is 1230. The van der Waals surface area contributed by atoms with Crippen LogP contribution >= 0.6 is 24.2 Å².